The van der Waals surface area contributed by atoms with E-state index >= 15 is 0 Å². The largest absolute Gasteiger partial charge is 0.302 e. The molecule has 7 nitrogen and oxygen atoms in total. The van der Waals surface area contributed by atoms with E-state index in [9.17, 15) is 23.3 Å². The predicted octanol–water partition coefficient (Wildman–Crippen LogP) is 1.65. The Morgan fingerprint density at radius 2 is 2.10 bits per heavy atom. The third kappa shape index (κ3) is 2.81. The van der Waals surface area contributed by atoms with Gasteiger partial charge in [-0.15, -0.1) is 0 Å². The fraction of sp³-hybridized carbons (Fsp3) is 0.462. The molecule has 1 aromatic carbocycles. The second-order valence-corrected chi connectivity index (χ2v) is 6.82. The van der Waals surface area contributed by atoms with Crippen molar-refractivity contribution in [1.29, 1.82) is 0 Å². The van der Waals surface area contributed by atoms with Crippen LogP contribution in [0, 0.1) is 17.0 Å². The number of carbonyl (C=O) groups is 1. The number of nitro benzene ring substituents is 1. The number of hydrogen-bond donors (Lipinski definition) is 0. The van der Waals surface area contributed by atoms with E-state index in [1.807, 2.05) is 0 Å². The Bertz CT molecular complexity index is 671. The Balaban J connectivity index is 2.59. The molecule has 0 saturated carbocycles. The van der Waals surface area contributed by atoms with Gasteiger partial charge in [0.1, 0.15) is 6.29 Å². The first-order valence-electron chi connectivity index (χ1n) is 6.60. The topological polar surface area (TPSA) is 97.6 Å². The molecule has 0 radical (unpaired) electrons. The van der Waals surface area contributed by atoms with Crippen molar-refractivity contribution >= 4 is 22.0 Å². The van der Waals surface area contributed by atoms with Gasteiger partial charge in [0, 0.05) is 12.6 Å². The number of nitro groups is 1. The number of rotatable bonds is 4. The normalized spacial score (nSPS) is 20.1. The number of sulfonamides is 1. The minimum Gasteiger partial charge on any atom is -0.302 e. The van der Waals surface area contributed by atoms with E-state index < -0.39 is 26.7 Å². The lowest BCUT2D eigenvalue weighted by Crippen LogP contribution is -2.44. The van der Waals surface area contributed by atoms with E-state index in [0.717, 1.165) is 10.7 Å². The van der Waals surface area contributed by atoms with Gasteiger partial charge in [0.15, 0.2) is 4.90 Å². The molecule has 0 spiro atoms. The third-order valence-electron chi connectivity index (χ3n) is 3.61. The van der Waals surface area contributed by atoms with Gasteiger partial charge in [-0.3, -0.25) is 10.1 Å². The number of benzene rings is 1. The third-order valence-corrected chi connectivity index (χ3v) is 5.73. The quantitative estimate of drug-likeness (QED) is 0.478. The molecule has 1 heterocycles. The Morgan fingerprint density at radius 1 is 1.38 bits per heavy atom. The van der Waals surface area contributed by atoms with Crippen molar-refractivity contribution in [3.8, 4) is 0 Å². The second kappa shape index (κ2) is 5.90. The fourth-order valence-electron chi connectivity index (χ4n) is 2.60. The molecule has 1 aromatic rings. The van der Waals surface area contributed by atoms with E-state index in [-0.39, 0.29) is 11.4 Å². The van der Waals surface area contributed by atoms with Gasteiger partial charge >= 0.3 is 0 Å². The molecule has 1 atom stereocenters. The summed E-state index contributed by atoms with van der Waals surface area (Å²) in [7, 11) is -4.07. The van der Waals surface area contributed by atoms with Gasteiger partial charge < -0.3 is 4.79 Å². The monoisotopic (exact) mass is 312 g/mol. The lowest BCUT2D eigenvalue weighted by molar-refractivity contribution is -0.387. The van der Waals surface area contributed by atoms with Crippen LogP contribution < -0.4 is 0 Å². The minimum atomic E-state index is -4.07. The summed E-state index contributed by atoms with van der Waals surface area (Å²) in [4.78, 5) is 21.2. The maximum absolute atomic E-state index is 12.8. The first-order chi connectivity index (χ1) is 9.89. The number of aldehydes is 1. The number of hydrogen-bond acceptors (Lipinski definition) is 5. The number of carbonyl (C=O) groups excluding carboxylic acids is 1. The molecule has 1 saturated heterocycles. The van der Waals surface area contributed by atoms with Crippen molar-refractivity contribution in [2.24, 2.45) is 0 Å². The van der Waals surface area contributed by atoms with E-state index in [1.54, 1.807) is 0 Å². The highest BCUT2D eigenvalue weighted by molar-refractivity contribution is 7.89. The molecule has 0 bridgehead atoms. The smallest absolute Gasteiger partial charge is 0.289 e. The van der Waals surface area contributed by atoms with Crippen LogP contribution >= 0.6 is 0 Å². The maximum atomic E-state index is 12.8. The first-order valence-corrected chi connectivity index (χ1v) is 8.04. The van der Waals surface area contributed by atoms with Crippen LogP contribution in [-0.2, 0) is 14.8 Å². The Labute approximate surface area is 122 Å². The summed E-state index contributed by atoms with van der Waals surface area (Å²) in [5.41, 5.74) is -0.148. The molecule has 0 amide bonds. The second-order valence-electron chi connectivity index (χ2n) is 5.00. The summed E-state index contributed by atoms with van der Waals surface area (Å²) < 4.78 is 26.6. The van der Waals surface area contributed by atoms with Gasteiger partial charge in [-0.25, -0.2) is 8.42 Å². The summed E-state index contributed by atoms with van der Waals surface area (Å²) in [5, 5.41) is 11.1. The summed E-state index contributed by atoms with van der Waals surface area (Å²) in [6, 6.07) is 3.38. The van der Waals surface area contributed by atoms with Crippen LogP contribution in [0.3, 0.4) is 0 Å². The molecule has 1 aliphatic rings. The standard InChI is InChI=1S/C13H16N2O5S/c1-10-5-4-7-12(15(17)18)13(10)21(19,20)14-8-3-2-6-11(14)9-16/h4-5,7,9,11H,2-3,6,8H2,1H3. The van der Waals surface area contributed by atoms with Crippen molar-refractivity contribution in [2.45, 2.75) is 37.1 Å². The Kier molecular flexibility index (Phi) is 4.38. The highest BCUT2D eigenvalue weighted by Crippen LogP contribution is 2.32. The van der Waals surface area contributed by atoms with Crippen molar-refractivity contribution in [2.75, 3.05) is 6.54 Å². The Hall–Kier alpha value is -1.80. The summed E-state index contributed by atoms with van der Waals surface area (Å²) >= 11 is 0. The van der Waals surface area contributed by atoms with Gasteiger partial charge in [0.25, 0.3) is 15.7 Å². The molecule has 2 rings (SSSR count). The fourth-order valence-corrected chi connectivity index (χ4v) is 4.60. The van der Waals surface area contributed by atoms with Crippen LogP contribution in [0.15, 0.2) is 23.1 Å². The van der Waals surface area contributed by atoms with Crippen molar-refractivity contribution < 1.29 is 18.1 Å². The highest BCUT2D eigenvalue weighted by atomic mass is 32.2. The summed E-state index contributed by atoms with van der Waals surface area (Å²) in [5.74, 6) is 0. The van der Waals surface area contributed by atoms with Crippen LogP contribution in [0.25, 0.3) is 0 Å². The molecule has 1 fully saturated rings. The average molecular weight is 312 g/mol. The first kappa shape index (κ1) is 15.6. The van der Waals surface area contributed by atoms with Crippen molar-refractivity contribution in [1.82, 2.24) is 4.31 Å². The van der Waals surface area contributed by atoms with Crippen LogP contribution in [0.4, 0.5) is 5.69 Å². The molecule has 0 aliphatic carbocycles. The molecule has 21 heavy (non-hydrogen) atoms. The number of nitrogens with zero attached hydrogens (tertiary/aromatic N) is 2. The van der Waals surface area contributed by atoms with E-state index in [0.29, 0.717) is 24.7 Å². The van der Waals surface area contributed by atoms with Crippen LogP contribution in [-0.4, -0.2) is 36.5 Å². The lowest BCUT2D eigenvalue weighted by Gasteiger charge is -2.31. The van der Waals surface area contributed by atoms with Crippen LogP contribution in [0.2, 0.25) is 0 Å². The molecule has 1 aliphatic heterocycles. The van der Waals surface area contributed by atoms with Gasteiger partial charge in [0.05, 0.1) is 11.0 Å². The lowest BCUT2D eigenvalue weighted by atomic mass is 10.1. The summed E-state index contributed by atoms with van der Waals surface area (Å²) in [6.07, 6.45) is 2.46. The number of piperidine rings is 1. The molecule has 114 valence electrons. The van der Waals surface area contributed by atoms with E-state index in [2.05, 4.69) is 0 Å². The minimum absolute atomic E-state index is 0.206. The van der Waals surface area contributed by atoms with Gasteiger partial charge in [-0.2, -0.15) is 4.31 Å². The van der Waals surface area contributed by atoms with Crippen LogP contribution in [0.5, 0.6) is 0 Å². The molecule has 0 N–H and O–H groups in total. The summed E-state index contributed by atoms with van der Waals surface area (Å²) in [6.45, 7) is 1.72. The molecule has 1 unspecified atom stereocenters. The SMILES string of the molecule is Cc1cccc([N+](=O)[O-])c1S(=O)(=O)N1CCCCC1C=O. The van der Waals surface area contributed by atoms with Crippen molar-refractivity contribution in [3.05, 3.63) is 33.9 Å². The molecule has 8 heteroatoms. The number of aryl methyl sites for hydroxylation is 1. The Morgan fingerprint density at radius 3 is 2.71 bits per heavy atom. The average Bonchev–Trinajstić information content (AvgIpc) is 2.46. The van der Waals surface area contributed by atoms with Gasteiger partial charge in [-0.1, -0.05) is 18.6 Å². The maximum Gasteiger partial charge on any atom is 0.289 e. The molecular weight excluding hydrogens is 296 g/mol. The zero-order valence-electron chi connectivity index (χ0n) is 11.6. The van der Waals surface area contributed by atoms with Crippen molar-refractivity contribution in [3.63, 3.8) is 0 Å². The predicted molar refractivity (Wildman–Crippen MR) is 75.4 cm³/mol. The van der Waals surface area contributed by atoms with E-state index in [4.69, 9.17) is 0 Å². The molecular formula is C13H16N2O5S. The zero-order chi connectivity index (χ0) is 15.6. The van der Waals surface area contributed by atoms with Crippen LogP contribution in [0.1, 0.15) is 24.8 Å². The van der Waals surface area contributed by atoms with Gasteiger partial charge in [0.2, 0.25) is 0 Å². The van der Waals surface area contributed by atoms with E-state index in [1.165, 1.54) is 25.1 Å². The zero-order valence-corrected chi connectivity index (χ0v) is 12.4. The molecule has 0 aromatic heterocycles. The highest BCUT2D eigenvalue weighted by Gasteiger charge is 2.38. The van der Waals surface area contributed by atoms with Gasteiger partial charge in [-0.05, 0) is 25.3 Å².